The predicted molar refractivity (Wildman–Crippen MR) is 224 cm³/mol. The second-order valence-corrected chi connectivity index (χ2v) is 14.3. The molecule has 0 bridgehead atoms. The number of aromatic amines is 1. The standard InChI is InChI=1S/C6H9N3O2.C6H13NO2.2C5H9NO4.C5H9NO2.C5H11NO2.C4H9NO3/c7-5(6(10)11)1-4-2-8-3-9-4;1-4(2)3-5(7)6(8)9;2*6-3(5(9)10)1-2-4(7)8;7-5(8)4-2-1-3-6-4;1-3(2)4(6)5(7)8;1-2(6)3(5)4(7)8/h2-3,5H,1,7H2,(H,8,9)(H,10,11);4-5H,3,7H2,1-2H3,(H,8,9);2*3H,1-2,6H2,(H,7,8)(H,9,10);4,6H,1-3H2,(H,7,8);3-4H,6H2,1-2H3,(H,7,8);2-3,6H,5H2,1H3,(H,7,8)/t2*5-;2*3-;2*4-;2-,3+/m0000001/s1. The van der Waals surface area contributed by atoms with Gasteiger partial charge in [-0.1, -0.05) is 27.7 Å². The van der Waals surface area contributed by atoms with Gasteiger partial charge in [0.15, 0.2) is 0 Å². The van der Waals surface area contributed by atoms with Gasteiger partial charge in [-0.2, -0.15) is 0 Å². The minimum Gasteiger partial charge on any atom is -0.481 e. The van der Waals surface area contributed by atoms with Crippen LogP contribution in [0.4, 0.5) is 0 Å². The van der Waals surface area contributed by atoms with E-state index in [4.69, 9.17) is 85.5 Å². The van der Waals surface area contributed by atoms with Crippen LogP contribution in [0, 0.1) is 11.8 Å². The Morgan fingerprint density at radius 3 is 1.20 bits per heavy atom. The topological polar surface area (TPSA) is 553 Å². The molecule has 24 N–H and O–H groups in total. The van der Waals surface area contributed by atoms with Crippen molar-refractivity contribution in [1.82, 2.24) is 15.3 Å². The Kier molecular flexibility index (Phi) is 40.7. The lowest BCUT2D eigenvalue weighted by atomic mass is 10.1. The first-order valence-corrected chi connectivity index (χ1v) is 19.2. The molecule has 0 amide bonds. The molecule has 0 aliphatic carbocycles. The Morgan fingerprint density at radius 2 is 1.03 bits per heavy atom. The molecule has 2 heterocycles. The van der Waals surface area contributed by atoms with E-state index in [1.165, 1.54) is 13.3 Å². The predicted octanol–water partition coefficient (Wildman–Crippen LogP) is -3.01. The highest BCUT2D eigenvalue weighted by molar-refractivity contribution is 5.76. The number of nitrogens with two attached hydrogens (primary N) is 6. The molecule has 28 heteroatoms. The monoisotopic (exact) mass is 931 g/mol. The van der Waals surface area contributed by atoms with Crippen molar-refractivity contribution in [2.45, 2.75) is 134 Å². The van der Waals surface area contributed by atoms with Gasteiger partial charge < -0.3 is 95.8 Å². The number of imidazole rings is 1. The molecule has 1 fully saturated rings. The maximum atomic E-state index is 10.3. The first-order chi connectivity index (χ1) is 29.2. The third kappa shape index (κ3) is 44.2. The van der Waals surface area contributed by atoms with Crippen molar-refractivity contribution in [2.24, 2.45) is 46.2 Å². The molecule has 2 rings (SSSR count). The molecule has 0 radical (unpaired) electrons. The molecule has 0 spiro atoms. The van der Waals surface area contributed by atoms with Gasteiger partial charge in [-0.15, -0.1) is 0 Å². The van der Waals surface area contributed by atoms with Crippen LogP contribution in [0.15, 0.2) is 12.5 Å². The van der Waals surface area contributed by atoms with Crippen molar-refractivity contribution in [3.05, 3.63) is 18.2 Å². The summed E-state index contributed by atoms with van der Waals surface area (Å²) in [5, 5.41) is 85.3. The van der Waals surface area contributed by atoms with Crippen LogP contribution in [-0.2, 0) is 49.6 Å². The molecule has 372 valence electrons. The van der Waals surface area contributed by atoms with Crippen LogP contribution in [0.1, 0.15) is 85.3 Å². The van der Waals surface area contributed by atoms with E-state index in [2.05, 4.69) is 15.3 Å². The van der Waals surface area contributed by atoms with Crippen LogP contribution in [0.5, 0.6) is 0 Å². The van der Waals surface area contributed by atoms with Gasteiger partial charge in [0.25, 0.3) is 0 Å². The van der Waals surface area contributed by atoms with E-state index in [1.54, 1.807) is 20.0 Å². The molecule has 1 aromatic heterocycles. The lowest BCUT2D eigenvalue weighted by molar-refractivity contribution is -0.141. The molecule has 64 heavy (non-hydrogen) atoms. The summed E-state index contributed by atoms with van der Waals surface area (Å²) in [5.41, 5.74) is 31.3. The van der Waals surface area contributed by atoms with Crippen molar-refractivity contribution in [2.75, 3.05) is 6.54 Å². The molecule has 1 saturated heterocycles. The lowest BCUT2D eigenvalue weighted by Gasteiger charge is -2.07. The molecule has 0 unspecified atom stereocenters. The molecule has 0 aromatic carbocycles. The Morgan fingerprint density at radius 1 is 0.625 bits per heavy atom. The Labute approximate surface area is 368 Å². The number of carboxylic acids is 9. The Balaban J connectivity index is -0.000000212. The summed E-state index contributed by atoms with van der Waals surface area (Å²) in [4.78, 5) is 96.6. The van der Waals surface area contributed by atoms with Crippen LogP contribution in [0.3, 0.4) is 0 Å². The number of H-pyrrole nitrogens is 1. The SMILES string of the molecule is CC(C)C[C@H](N)C(=O)O.CC(C)[C@H](N)C(=O)O.C[C@@H](O)[C@H](N)C(=O)O.N[C@@H](CCC(=O)O)C(=O)O.N[C@@H](CCC(=O)O)C(=O)O.N[C@@H](Cc1cnc[nH]1)C(=O)O.O=C(O)[C@@H]1CCCN1. The third-order valence-corrected chi connectivity index (χ3v) is 7.49. The van der Waals surface area contributed by atoms with Crippen LogP contribution < -0.4 is 39.7 Å². The van der Waals surface area contributed by atoms with Crippen molar-refractivity contribution in [3.63, 3.8) is 0 Å². The summed E-state index contributed by atoms with van der Waals surface area (Å²) >= 11 is 0. The highest BCUT2D eigenvalue weighted by Gasteiger charge is 2.20. The fourth-order valence-electron chi connectivity index (χ4n) is 3.52. The highest BCUT2D eigenvalue weighted by atomic mass is 16.4. The number of carbonyl (C=O) groups is 9. The van der Waals surface area contributed by atoms with Crippen LogP contribution in [-0.4, -0.2) is 170 Å². The van der Waals surface area contributed by atoms with Gasteiger partial charge in [-0.3, -0.25) is 43.2 Å². The van der Waals surface area contributed by atoms with Crippen molar-refractivity contribution < 1.29 is 94.2 Å². The van der Waals surface area contributed by atoms with E-state index >= 15 is 0 Å². The zero-order valence-electron chi connectivity index (χ0n) is 36.3. The van der Waals surface area contributed by atoms with E-state index in [1.807, 2.05) is 13.8 Å². The second-order valence-electron chi connectivity index (χ2n) is 14.3. The summed E-state index contributed by atoms with van der Waals surface area (Å²) in [7, 11) is 0. The van der Waals surface area contributed by atoms with Gasteiger partial charge in [0.1, 0.15) is 42.3 Å². The van der Waals surface area contributed by atoms with Gasteiger partial charge in [-0.05, 0) is 57.4 Å². The second kappa shape index (κ2) is 38.8. The maximum Gasteiger partial charge on any atom is 0.323 e. The number of aliphatic hydroxyl groups is 1. The number of rotatable bonds is 19. The van der Waals surface area contributed by atoms with Gasteiger partial charge in [0, 0.05) is 31.2 Å². The quantitative estimate of drug-likeness (QED) is 0.0657. The minimum absolute atomic E-state index is 0.0208. The summed E-state index contributed by atoms with van der Waals surface area (Å²) < 4.78 is 0. The van der Waals surface area contributed by atoms with Crippen LogP contribution in [0.2, 0.25) is 0 Å². The number of nitrogens with zero attached hydrogens (tertiary/aromatic N) is 1. The highest BCUT2D eigenvalue weighted by Crippen LogP contribution is 2.04. The summed E-state index contributed by atoms with van der Waals surface area (Å²) in [6.07, 6.45) is 4.24. The summed E-state index contributed by atoms with van der Waals surface area (Å²) in [6, 6.07) is -5.80. The van der Waals surface area contributed by atoms with Crippen molar-refractivity contribution in [3.8, 4) is 0 Å². The molecule has 1 aliphatic heterocycles. The van der Waals surface area contributed by atoms with Crippen LogP contribution >= 0.6 is 0 Å². The van der Waals surface area contributed by atoms with E-state index in [0.717, 1.165) is 25.1 Å². The minimum atomic E-state index is -1.18. The molecular weight excluding hydrogens is 862 g/mol. The van der Waals surface area contributed by atoms with Gasteiger partial charge >= 0.3 is 53.7 Å². The largest absolute Gasteiger partial charge is 0.481 e. The molecule has 1 aromatic rings. The normalized spacial score (nSPS) is 15.5. The zero-order chi connectivity index (χ0) is 51.4. The molecule has 8 atom stereocenters. The number of nitrogens with one attached hydrogen (secondary N) is 2. The summed E-state index contributed by atoms with van der Waals surface area (Å²) in [5.74, 6) is -8.76. The lowest BCUT2D eigenvalue weighted by Crippen LogP contribution is -2.39. The van der Waals surface area contributed by atoms with Crippen molar-refractivity contribution >= 4 is 53.7 Å². The molecule has 1 aliphatic rings. The van der Waals surface area contributed by atoms with Gasteiger partial charge in [0.2, 0.25) is 0 Å². The summed E-state index contributed by atoms with van der Waals surface area (Å²) in [6.45, 7) is 9.64. The average Bonchev–Trinajstić information content (AvgIpc) is 3.92. The van der Waals surface area contributed by atoms with Gasteiger partial charge in [-0.25, -0.2) is 4.98 Å². The van der Waals surface area contributed by atoms with Gasteiger partial charge in [0.05, 0.1) is 12.4 Å². The third-order valence-electron chi connectivity index (χ3n) is 7.49. The smallest absolute Gasteiger partial charge is 0.323 e. The Hall–Kier alpha value is -5.88. The van der Waals surface area contributed by atoms with E-state index in [-0.39, 0.29) is 44.1 Å². The molecule has 28 nitrogen and oxygen atoms in total. The zero-order valence-corrected chi connectivity index (χ0v) is 36.3. The van der Waals surface area contributed by atoms with E-state index in [9.17, 15) is 43.2 Å². The first kappa shape index (κ1) is 67.2. The number of hydrogen-bond donors (Lipinski definition) is 18. The van der Waals surface area contributed by atoms with E-state index < -0.39 is 96.1 Å². The van der Waals surface area contributed by atoms with E-state index in [0.29, 0.717) is 12.3 Å². The fourth-order valence-corrected chi connectivity index (χ4v) is 3.52. The molecule has 0 saturated carbocycles. The number of carboxylic acid groups (broad SMARTS) is 9. The fraction of sp³-hybridized carbons (Fsp3) is 0.667. The number of aliphatic carboxylic acids is 9. The number of aliphatic hydroxyl groups excluding tert-OH is 1. The average molecular weight is 932 g/mol. The first-order valence-electron chi connectivity index (χ1n) is 19.2. The maximum absolute atomic E-state index is 10.3. The number of aromatic nitrogens is 2. The Bertz CT molecular complexity index is 1430. The van der Waals surface area contributed by atoms with Crippen LogP contribution in [0.25, 0.3) is 0 Å². The van der Waals surface area contributed by atoms with Crippen molar-refractivity contribution in [1.29, 1.82) is 0 Å². The number of hydrogen-bond acceptors (Lipinski definition) is 18. The molecular formula is C36H69N9O19.